The third-order valence-corrected chi connectivity index (χ3v) is 6.22. The first-order valence-corrected chi connectivity index (χ1v) is 6.19. The van der Waals surface area contributed by atoms with Crippen LogP contribution in [0.25, 0.3) is 0 Å². The molecule has 4 nitrogen and oxygen atoms in total. The average molecular weight is 208 g/mol. The van der Waals surface area contributed by atoms with E-state index in [1.807, 2.05) is 0 Å². The van der Waals surface area contributed by atoms with Crippen LogP contribution in [0.5, 0.6) is 0 Å². The quantitative estimate of drug-likeness (QED) is 0.609. The molecule has 0 saturated carbocycles. The summed E-state index contributed by atoms with van der Waals surface area (Å²) in [5.41, 5.74) is 11.5. The van der Waals surface area contributed by atoms with Crippen LogP contribution in [0.3, 0.4) is 0 Å². The lowest BCUT2D eigenvalue weighted by Gasteiger charge is -2.39. The predicted molar refractivity (Wildman–Crippen MR) is 55.6 cm³/mol. The molecule has 0 fully saturated rings. The highest BCUT2D eigenvalue weighted by Gasteiger charge is 2.49. The van der Waals surface area contributed by atoms with Crippen LogP contribution in [-0.2, 0) is 4.57 Å². The first kappa shape index (κ1) is 13.1. The Balaban J connectivity index is 5.08. The van der Waals surface area contributed by atoms with Crippen molar-refractivity contribution in [2.75, 3.05) is 0 Å². The fourth-order valence-corrected chi connectivity index (χ4v) is 3.04. The number of nitrogens with two attached hydrogens (primary N) is 2. The first-order chi connectivity index (χ1) is 5.62. The third-order valence-electron chi connectivity index (χ3n) is 2.82. The normalized spacial score (nSPS) is 25.8. The zero-order valence-electron chi connectivity index (χ0n) is 8.87. The van der Waals surface area contributed by atoms with Crippen molar-refractivity contribution in [2.45, 2.75) is 51.1 Å². The molecule has 13 heavy (non-hydrogen) atoms. The second kappa shape index (κ2) is 3.70. The Bertz CT molecular complexity index is 206. The van der Waals surface area contributed by atoms with Gasteiger partial charge in [0.25, 0.3) is 0 Å². The molecule has 0 aromatic rings. The largest absolute Gasteiger partial charge is 0.342 e. The molecule has 2 unspecified atom stereocenters. The van der Waals surface area contributed by atoms with Gasteiger partial charge in [-0.3, -0.25) is 4.57 Å². The molecule has 80 valence electrons. The predicted octanol–water partition coefficient (Wildman–Crippen LogP) is 1.43. The van der Waals surface area contributed by atoms with Crippen LogP contribution in [0.2, 0.25) is 0 Å². The fraction of sp³-hybridized carbons (Fsp3) is 1.00. The Labute approximate surface area is 80.1 Å². The lowest BCUT2D eigenvalue weighted by molar-refractivity contribution is 0.379. The van der Waals surface area contributed by atoms with Crippen LogP contribution in [-0.4, -0.2) is 15.5 Å². The smallest absolute Gasteiger partial charge is 0.238 e. The third kappa shape index (κ3) is 2.13. The fourth-order valence-electron chi connectivity index (χ4n) is 1.01. The standard InChI is InChI=1S/C8H21N2O2P/c1-5-7(3,9)13(11,12)8(4,10)6-2/h5-6,9-10H2,1-4H3,(H,11,12). The van der Waals surface area contributed by atoms with Gasteiger partial charge in [0.05, 0.1) is 10.6 Å². The summed E-state index contributed by atoms with van der Waals surface area (Å²) >= 11 is 0. The molecule has 0 aliphatic rings. The second-order valence-electron chi connectivity index (χ2n) is 4.00. The molecule has 0 amide bonds. The van der Waals surface area contributed by atoms with Crippen molar-refractivity contribution in [3.8, 4) is 0 Å². The van der Waals surface area contributed by atoms with Crippen LogP contribution < -0.4 is 11.5 Å². The molecule has 0 aliphatic heterocycles. The molecule has 5 N–H and O–H groups in total. The number of rotatable bonds is 4. The van der Waals surface area contributed by atoms with Crippen molar-refractivity contribution in [1.29, 1.82) is 0 Å². The zero-order chi connectivity index (χ0) is 10.9. The van der Waals surface area contributed by atoms with Crippen LogP contribution in [0.1, 0.15) is 40.5 Å². The topological polar surface area (TPSA) is 89.3 Å². The summed E-state index contributed by atoms with van der Waals surface area (Å²) in [5.74, 6) is 0. The molecule has 5 heteroatoms. The highest BCUT2D eigenvalue weighted by atomic mass is 31.2. The van der Waals surface area contributed by atoms with Crippen molar-refractivity contribution in [1.82, 2.24) is 0 Å². The minimum atomic E-state index is -3.54. The molecule has 0 aromatic heterocycles. The van der Waals surface area contributed by atoms with Crippen molar-refractivity contribution >= 4 is 7.37 Å². The molecular formula is C8H21N2O2P. The van der Waals surface area contributed by atoms with Gasteiger partial charge in [-0.25, -0.2) is 0 Å². The summed E-state index contributed by atoms with van der Waals surface area (Å²) in [4.78, 5) is 9.88. The van der Waals surface area contributed by atoms with E-state index in [4.69, 9.17) is 11.5 Å². The zero-order valence-corrected chi connectivity index (χ0v) is 9.77. The van der Waals surface area contributed by atoms with Gasteiger partial charge in [0.1, 0.15) is 0 Å². The summed E-state index contributed by atoms with van der Waals surface area (Å²) in [6, 6.07) is 0. The Morgan fingerprint density at radius 1 is 1.15 bits per heavy atom. The highest BCUT2D eigenvalue weighted by molar-refractivity contribution is 7.61. The minimum Gasteiger partial charge on any atom is -0.342 e. The van der Waals surface area contributed by atoms with Crippen molar-refractivity contribution in [2.24, 2.45) is 11.5 Å². The van der Waals surface area contributed by atoms with Crippen LogP contribution in [0.4, 0.5) is 0 Å². The summed E-state index contributed by atoms with van der Waals surface area (Å²) in [5, 5.41) is -2.18. The van der Waals surface area contributed by atoms with Crippen LogP contribution in [0.15, 0.2) is 0 Å². The van der Waals surface area contributed by atoms with Gasteiger partial charge in [-0.2, -0.15) is 0 Å². The van der Waals surface area contributed by atoms with Gasteiger partial charge < -0.3 is 16.4 Å². The van der Waals surface area contributed by atoms with Gasteiger partial charge in [-0.05, 0) is 26.7 Å². The van der Waals surface area contributed by atoms with E-state index in [2.05, 4.69) is 0 Å². The monoisotopic (exact) mass is 208 g/mol. The molecule has 2 atom stereocenters. The summed E-state index contributed by atoms with van der Waals surface area (Å²) in [6.07, 6.45) is 0.876. The lowest BCUT2D eigenvalue weighted by Crippen LogP contribution is -2.47. The average Bonchev–Trinajstić information content (AvgIpc) is 2.03. The minimum absolute atomic E-state index is 0.438. The molecule has 0 bridgehead atoms. The van der Waals surface area contributed by atoms with E-state index in [0.717, 1.165) is 0 Å². The van der Waals surface area contributed by atoms with E-state index >= 15 is 0 Å². The van der Waals surface area contributed by atoms with Crippen molar-refractivity contribution in [3.05, 3.63) is 0 Å². The maximum atomic E-state index is 12.0. The van der Waals surface area contributed by atoms with Gasteiger partial charge in [0, 0.05) is 0 Å². The number of hydrogen-bond acceptors (Lipinski definition) is 3. The van der Waals surface area contributed by atoms with Gasteiger partial charge in [0.15, 0.2) is 0 Å². The second-order valence-corrected chi connectivity index (χ2v) is 7.19. The summed E-state index contributed by atoms with van der Waals surface area (Å²) in [6.45, 7) is 6.73. The van der Waals surface area contributed by atoms with Gasteiger partial charge in [0.2, 0.25) is 7.37 Å². The number of hydrogen-bond donors (Lipinski definition) is 3. The molecule has 0 aromatic carbocycles. The van der Waals surface area contributed by atoms with E-state index in [1.165, 1.54) is 0 Å². The van der Waals surface area contributed by atoms with Gasteiger partial charge >= 0.3 is 0 Å². The maximum absolute atomic E-state index is 12.0. The van der Waals surface area contributed by atoms with Gasteiger partial charge in [-0.1, -0.05) is 13.8 Å². The maximum Gasteiger partial charge on any atom is 0.238 e. The Hall–Kier alpha value is 0.110. The lowest BCUT2D eigenvalue weighted by atomic mass is 10.2. The van der Waals surface area contributed by atoms with Crippen LogP contribution in [0, 0.1) is 0 Å². The van der Waals surface area contributed by atoms with E-state index in [1.54, 1.807) is 27.7 Å². The van der Waals surface area contributed by atoms with Crippen molar-refractivity contribution in [3.63, 3.8) is 0 Å². The van der Waals surface area contributed by atoms with Gasteiger partial charge in [-0.15, -0.1) is 0 Å². The SMILES string of the molecule is CCC(C)(N)P(=O)(O)C(C)(N)CC. The first-order valence-electron chi connectivity index (χ1n) is 4.53. The Morgan fingerprint density at radius 3 is 1.54 bits per heavy atom. The summed E-state index contributed by atoms with van der Waals surface area (Å²) in [7, 11) is -3.54. The molecule has 0 saturated heterocycles. The molecular weight excluding hydrogens is 187 g/mol. The van der Waals surface area contributed by atoms with E-state index in [9.17, 15) is 9.46 Å². The molecule has 0 heterocycles. The summed E-state index contributed by atoms with van der Waals surface area (Å²) < 4.78 is 12.0. The Kier molecular flexibility index (Phi) is 3.73. The highest BCUT2D eigenvalue weighted by Crippen LogP contribution is 2.61. The molecule has 0 aliphatic carbocycles. The van der Waals surface area contributed by atoms with E-state index in [-0.39, 0.29) is 0 Å². The Morgan fingerprint density at radius 2 is 1.38 bits per heavy atom. The van der Waals surface area contributed by atoms with E-state index < -0.39 is 17.9 Å². The molecule has 0 rings (SSSR count). The molecule has 0 radical (unpaired) electrons. The molecule has 0 spiro atoms. The van der Waals surface area contributed by atoms with Crippen LogP contribution >= 0.6 is 7.37 Å². The van der Waals surface area contributed by atoms with E-state index in [0.29, 0.717) is 12.8 Å². The van der Waals surface area contributed by atoms with Crippen molar-refractivity contribution < 1.29 is 9.46 Å².